The molecule has 6 nitrogen and oxygen atoms in total. The molecule has 0 radical (unpaired) electrons. The van der Waals surface area contributed by atoms with Crippen LogP contribution in [0.1, 0.15) is 39.2 Å². The van der Waals surface area contributed by atoms with Gasteiger partial charge in [0.05, 0.1) is 4.92 Å². The number of rotatable bonds is 4. The first kappa shape index (κ1) is 18.6. The number of hydrogen-bond acceptors (Lipinski definition) is 4. The number of nitro benzene ring substituents is 1. The van der Waals surface area contributed by atoms with E-state index in [9.17, 15) is 14.9 Å². The van der Waals surface area contributed by atoms with E-state index in [0.29, 0.717) is 12.1 Å². The van der Waals surface area contributed by atoms with Gasteiger partial charge < -0.3 is 4.90 Å². The van der Waals surface area contributed by atoms with Crippen LogP contribution in [-0.2, 0) is 4.79 Å². The number of fused-ring (bicyclic) bond motifs is 2. The van der Waals surface area contributed by atoms with E-state index in [1.54, 1.807) is 12.1 Å². The van der Waals surface area contributed by atoms with Crippen LogP contribution in [-0.4, -0.2) is 52.3 Å². The molecule has 2 atom stereocenters. The number of piperazine rings is 1. The summed E-state index contributed by atoms with van der Waals surface area (Å²) in [7, 11) is 0. The summed E-state index contributed by atoms with van der Waals surface area (Å²) in [6.45, 7) is 8.43. The Balaban J connectivity index is 1.58. The SMILES string of the molecule is CC(C)(C)C(=O)N1CC2CCC(C1)N2C/C=C/c1ccc([N+](=O)[O-])cc1. The lowest BCUT2D eigenvalue weighted by Crippen LogP contribution is -2.57. The summed E-state index contributed by atoms with van der Waals surface area (Å²) < 4.78 is 0. The minimum Gasteiger partial charge on any atom is -0.339 e. The third-order valence-electron chi connectivity index (χ3n) is 5.29. The largest absolute Gasteiger partial charge is 0.339 e. The molecule has 0 saturated carbocycles. The van der Waals surface area contributed by atoms with Crippen molar-refractivity contribution in [3.05, 3.63) is 46.0 Å². The molecule has 2 bridgehead atoms. The average molecular weight is 357 g/mol. The van der Waals surface area contributed by atoms with Gasteiger partial charge in [-0.05, 0) is 30.5 Å². The quantitative estimate of drug-likeness (QED) is 0.612. The van der Waals surface area contributed by atoms with Gasteiger partial charge in [-0.3, -0.25) is 19.8 Å². The van der Waals surface area contributed by atoms with Crippen molar-refractivity contribution >= 4 is 17.7 Å². The molecule has 140 valence electrons. The lowest BCUT2D eigenvalue weighted by molar-refractivity contribution is -0.384. The van der Waals surface area contributed by atoms with E-state index >= 15 is 0 Å². The van der Waals surface area contributed by atoms with Gasteiger partial charge >= 0.3 is 0 Å². The first-order valence-electron chi connectivity index (χ1n) is 9.22. The molecule has 1 amide bonds. The fourth-order valence-electron chi connectivity index (χ4n) is 3.95. The van der Waals surface area contributed by atoms with Gasteiger partial charge in [-0.15, -0.1) is 0 Å². The summed E-state index contributed by atoms with van der Waals surface area (Å²) in [6, 6.07) is 7.45. The van der Waals surface area contributed by atoms with Gasteiger partial charge in [0, 0.05) is 49.3 Å². The van der Waals surface area contributed by atoms with Gasteiger partial charge in [-0.1, -0.05) is 32.9 Å². The second kappa shape index (κ2) is 7.19. The molecule has 0 aliphatic carbocycles. The van der Waals surface area contributed by atoms with Crippen LogP contribution in [0.3, 0.4) is 0 Å². The molecular weight excluding hydrogens is 330 g/mol. The van der Waals surface area contributed by atoms with Crippen LogP contribution < -0.4 is 0 Å². The number of non-ortho nitro benzene ring substituents is 1. The Kier molecular flexibility index (Phi) is 5.14. The van der Waals surface area contributed by atoms with Crippen molar-refractivity contribution in [1.82, 2.24) is 9.80 Å². The molecule has 2 aliphatic heterocycles. The van der Waals surface area contributed by atoms with E-state index in [0.717, 1.165) is 38.0 Å². The smallest absolute Gasteiger partial charge is 0.269 e. The summed E-state index contributed by atoms with van der Waals surface area (Å²) in [4.78, 5) is 27.4. The van der Waals surface area contributed by atoms with Gasteiger partial charge in [0.2, 0.25) is 5.91 Å². The van der Waals surface area contributed by atoms with Gasteiger partial charge in [0.15, 0.2) is 0 Å². The maximum Gasteiger partial charge on any atom is 0.269 e. The maximum absolute atomic E-state index is 12.6. The molecule has 0 N–H and O–H groups in total. The van der Waals surface area contributed by atoms with Gasteiger partial charge in [-0.25, -0.2) is 0 Å². The molecule has 0 aromatic heterocycles. The van der Waals surface area contributed by atoms with Gasteiger partial charge in [0.1, 0.15) is 0 Å². The van der Waals surface area contributed by atoms with E-state index in [1.165, 1.54) is 12.1 Å². The summed E-state index contributed by atoms with van der Waals surface area (Å²) in [5.74, 6) is 0.246. The summed E-state index contributed by atoms with van der Waals surface area (Å²) >= 11 is 0. The van der Waals surface area contributed by atoms with Crippen LogP contribution in [0, 0.1) is 15.5 Å². The van der Waals surface area contributed by atoms with Crippen molar-refractivity contribution in [3.8, 4) is 0 Å². The Hall–Kier alpha value is -2.21. The highest BCUT2D eigenvalue weighted by molar-refractivity contribution is 5.81. The van der Waals surface area contributed by atoms with Gasteiger partial charge in [-0.2, -0.15) is 0 Å². The van der Waals surface area contributed by atoms with Crippen LogP contribution in [0.25, 0.3) is 6.08 Å². The Morgan fingerprint density at radius 1 is 1.19 bits per heavy atom. The van der Waals surface area contributed by atoms with Crippen molar-refractivity contribution in [2.75, 3.05) is 19.6 Å². The molecule has 1 aromatic carbocycles. The highest BCUT2D eigenvalue weighted by Gasteiger charge is 2.42. The zero-order valence-corrected chi connectivity index (χ0v) is 15.7. The molecule has 26 heavy (non-hydrogen) atoms. The summed E-state index contributed by atoms with van der Waals surface area (Å²) in [5.41, 5.74) is 0.751. The molecule has 2 unspecified atom stereocenters. The molecule has 2 aliphatic rings. The number of likely N-dealkylation sites (tertiary alicyclic amines) is 1. The van der Waals surface area contributed by atoms with E-state index < -0.39 is 0 Å². The normalized spacial score (nSPS) is 23.6. The Morgan fingerprint density at radius 2 is 1.77 bits per heavy atom. The number of hydrogen-bond donors (Lipinski definition) is 0. The monoisotopic (exact) mass is 357 g/mol. The lowest BCUT2D eigenvalue weighted by atomic mass is 9.94. The number of nitrogens with zero attached hydrogens (tertiary/aromatic N) is 3. The molecule has 2 fully saturated rings. The van der Waals surface area contributed by atoms with Crippen LogP contribution >= 0.6 is 0 Å². The first-order valence-corrected chi connectivity index (χ1v) is 9.22. The third-order valence-corrected chi connectivity index (χ3v) is 5.29. The number of carbonyl (C=O) groups is 1. The third kappa shape index (κ3) is 3.96. The first-order chi connectivity index (χ1) is 12.3. The number of carbonyl (C=O) groups excluding carboxylic acids is 1. The zero-order valence-electron chi connectivity index (χ0n) is 15.7. The summed E-state index contributed by atoms with van der Waals surface area (Å²) in [6.07, 6.45) is 6.41. The standard InChI is InChI=1S/C20H27N3O3/c1-20(2,3)19(24)21-13-17-10-11-18(14-21)22(17)12-4-5-15-6-8-16(9-7-15)23(25)26/h4-9,17-18H,10-14H2,1-3H3/b5-4+. The van der Waals surface area contributed by atoms with Crippen LogP contribution in [0.4, 0.5) is 5.69 Å². The average Bonchev–Trinajstić information content (AvgIpc) is 2.82. The number of amides is 1. The Labute approximate surface area is 154 Å². The zero-order chi connectivity index (χ0) is 18.9. The highest BCUT2D eigenvalue weighted by Crippen LogP contribution is 2.32. The second-order valence-electron chi connectivity index (χ2n) is 8.29. The molecule has 6 heteroatoms. The second-order valence-corrected chi connectivity index (χ2v) is 8.29. The van der Waals surface area contributed by atoms with E-state index in [-0.39, 0.29) is 21.9 Å². The Morgan fingerprint density at radius 3 is 2.27 bits per heavy atom. The molecule has 2 saturated heterocycles. The predicted molar refractivity (Wildman–Crippen MR) is 102 cm³/mol. The minimum absolute atomic E-state index is 0.111. The number of benzene rings is 1. The minimum atomic E-state index is -0.385. The maximum atomic E-state index is 12.6. The van der Waals surface area contributed by atoms with E-state index in [4.69, 9.17) is 0 Å². The van der Waals surface area contributed by atoms with E-state index in [1.807, 2.05) is 31.7 Å². The van der Waals surface area contributed by atoms with Crippen molar-refractivity contribution in [2.24, 2.45) is 5.41 Å². The Bertz CT molecular complexity index is 692. The fourth-order valence-corrected chi connectivity index (χ4v) is 3.95. The fraction of sp³-hybridized carbons (Fsp3) is 0.550. The predicted octanol–water partition coefficient (Wildman–Crippen LogP) is 3.33. The highest BCUT2D eigenvalue weighted by atomic mass is 16.6. The van der Waals surface area contributed by atoms with Crippen molar-refractivity contribution < 1.29 is 9.72 Å². The van der Waals surface area contributed by atoms with Crippen molar-refractivity contribution in [2.45, 2.75) is 45.7 Å². The van der Waals surface area contributed by atoms with Crippen molar-refractivity contribution in [3.63, 3.8) is 0 Å². The number of nitro groups is 1. The topological polar surface area (TPSA) is 66.7 Å². The molecule has 0 spiro atoms. The van der Waals surface area contributed by atoms with Crippen molar-refractivity contribution in [1.29, 1.82) is 0 Å². The van der Waals surface area contributed by atoms with Crippen LogP contribution in [0.15, 0.2) is 30.3 Å². The van der Waals surface area contributed by atoms with Gasteiger partial charge in [0.25, 0.3) is 5.69 Å². The summed E-state index contributed by atoms with van der Waals surface area (Å²) in [5, 5.41) is 10.7. The molecule has 1 aromatic rings. The molecule has 2 heterocycles. The van der Waals surface area contributed by atoms with Crippen LogP contribution in [0.5, 0.6) is 0 Å². The molecule has 3 rings (SSSR count). The van der Waals surface area contributed by atoms with Crippen LogP contribution in [0.2, 0.25) is 0 Å². The van der Waals surface area contributed by atoms with E-state index in [2.05, 4.69) is 11.0 Å². The lowest BCUT2D eigenvalue weighted by Gasteiger charge is -2.42. The molecular formula is C20H27N3O3.